The molecule has 0 saturated heterocycles. The van der Waals surface area contributed by atoms with Gasteiger partial charge in [0.05, 0.1) is 20.1 Å². The van der Waals surface area contributed by atoms with Crippen molar-refractivity contribution in [3.63, 3.8) is 0 Å². The molecule has 42 heavy (non-hydrogen) atoms. The third kappa shape index (κ3) is 5.42. The van der Waals surface area contributed by atoms with Crippen molar-refractivity contribution in [3.8, 4) is 11.6 Å². The van der Waals surface area contributed by atoms with Gasteiger partial charge < -0.3 is 14.6 Å². The Morgan fingerprint density at radius 2 is 2.00 bits per heavy atom. The van der Waals surface area contributed by atoms with Crippen LogP contribution in [0.15, 0.2) is 47.5 Å². The Labute approximate surface area is 246 Å². The van der Waals surface area contributed by atoms with Gasteiger partial charge in [-0.05, 0) is 73.2 Å². The predicted molar refractivity (Wildman–Crippen MR) is 160 cm³/mol. The molecule has 11 nitrogen and oxygen atoms in total. The molecule has 2 aromatic carbocycles. The first-order valence-electron chi connectivity index (χ1n) is 14.0. The number of fused-ring (bicyclic) bond motifs is 2. The minimum atomic E-state index is -3.40. The average molecular weight is 596 g/mol. The van der Waals surface area contributed by atoms with Crippen molar-refractivity contribution in [2.24, 2.45) is 0 Å². The van der Waals surface area contributed by atoms with Gasteiger partial charge in [-0.1, -0.05) is 30.3 Å². The topological polar surface area (TPSA) is 143 Å². The lowest BCUT2D eigenvalue weighted by Gasteiger charge is -2.41. The smallest absolute Gasteiger partial charge is 0.304 e. The number of nitrogens with zero attached hydrogens (tertiary/aromatic N) is 5. The second-order valence-electron chi connectivity index (χ2n) is 10.5. The minimum Gasteiger partial charge on any atom is -0.494 e. The van der Waals surface area contributed by atoms with Gasteiger partial charge in [-0.3, -0.25) is 13.9 Å². The van der Waals surface area contributed by atoms with Crippen LogP contribution in [0.3, 0.4) is 0 Å². The molecule has 12 heteroatoms. The first-order valence-corrected chi connectivity index (χ1v) is 15.5. The molecule has 224 valence electrons. The fourth-order valence-corrected chi connectivity index (χ4v) is 7.13. The number of benzene rings is 2. The zero-order valence-electron chi connectivity index (χ0n) is 24.4. The predicted octanol–water partition coefficient (Wildman–Crippen LogP) is 5.78. The second kappa shape index (κ2) is 11.9. The van der Waals surface area contributed by atoms with Crippen LogP contribution >= 0.6 is 10.8 Å². The number of methoxy groups -OCH3 is 1. The van der Waals surface area contributed by atoms with E-state index in [1.807, 2.05) is 52.0 Å². The van der Waals surface area contributed by atoms with Crippen molar-refractivity contribution in [2.45, 2.75) is 70.5 Å². The van der Waals surface area contributed by atoms with Crippen LogP contribution in [-0.2, 0) is 17.9 Å². The number of rotatable bonds is 9. The van der Waals surface area contributed by atoms with Gasteiger partial charge >= 0.3 is 5.97 Å². The molecule has 3 heterocycles. The molecule has 0 unspecified atom stereocenters. The Kier molecular flexibility index (Phi) is 8.42. The summed E-state index contributed by atoms with van der Waals surface area (Å²) >= 11 is 0. The third-order valence-electron chi connectivity index (χ3n) is 7.97. The monoisotopic (exact) mass is 595 g/mol. The quantitative estimate of drug-likeness (QED) is 0.218. The van der Waals surface area contributed by atoms with Crippen molar-refractivity contribution < 1.29 is 28.5 Å². The molecule has 0 spiro atoms. The maximum Gasteiger partial charge on any atom is 0.304 e. The van der Waals surface area contributed by atoms with Gasteiger partial charge in [-0.15, -0.1) is 15.9 Å². The lowest BCUT2D eigenvalue weighted by Crippen LogP contribution is -2.34. The number of pyridine rings is 1. The molecular weight excluding hydrogens is 558 g/mol. The van der Waals surface area contributed by atoms with Crippen LogP contribution in [0.25, 0.3) is 11.0 Å². The molecule has 1 aliphatic heterocycles. The van der Waals surface area contributed by atoms with Crippen molar-refractivity contribution in [2.75, 3.05) is 13.7 Å². The van der Waals surface area contributed by atoms with Gasteiger partial charge in [0.25, 0.3) is 0 Å². The normalized spacial score (nSPS) is 18.1. The standard InChI is InChI=1S/C30H37N5O6S/c1-6-22-17-34(42(38,39)26-9-8-12-31-30(26)41-22)16-21-13-20(11-10-18(21)3)24(15-27(36)37)23-14-25(40-5)29-28(19(23)4)32-33-35(29)7-2/h8-14,22,24,38-39H,6-7,15-17H2,1-5H3,(H,36,37)/t22-,24+/m1/s1. The number of hydrogen-bond donors (Lipinski definition) is 3. The van der Waals surface area contributed by atoms with Crippen molar-refractivity contribution in [3.05, 3.63) is 70.4 Å². The molecule has 0 amide bonds. The summed E-state index contributed by atoms with van der Waals surface area (Å²) in [4.78, 5) is 16.7. The Hall–Kier alpha value is -3.71. The molecule has 0 aliphatic carbocycles. The summed E-state index contributed by atoms with van der Waals surface area (Å²) < 4.78 is 38.1. The zero-order valence-corrected chi connectivity index (χ0v) is 25.3. The number of aromatic nitrogens is 4. The molecule has 2 aromatic heterocycles. The Morgan fingerprint density at radius 1 is 1.21 bits per heavy atom. The van der Waals surface area contributed by atoms with Crippen molar-refractivity contribution in [1.82, 2.24) is 24.3 Å². The van der Waals surface area contributed by atoms with E-state index in [9.17, 15) is 19.0 Å². The molecule has 0 radical (unpaired) electrons. The number of aliphatic carboxylic acids is 1. The van der Waals surface area contributed by atoms with Gasteiger partial charge in [-0.2, -0.15) is 4.31 Å². The largest absolute Gasteiger partial charge is 0.494 e. The first kappa shape index (κ1) is 29.8. The Balaban J connectivity index is 1.58. The lowest BCUT2D eigenvalue weighted by molar-refractivity contribution is -0.137. The fraction of sp³-hybridized carbons (Fsp3) is 0.400. The highest BCUT2D eigenvalue weighted by molar-refractivity contribution is 8.22. The second-order valence-corrected chi connectivity index (χ2v) is 12.5. The van der Waals surface area contributed by atoms with Crippen LogP contribution < -0.4 is 9.47 Å². The van der Waals surface area contributed by atoms with Crippen LogP contribution in [0.5, 0.6) is 11.6 Å². The van der Waals surface area contributed by atoms with Crippen molar-refractivity contribution >= 4 is 27.8 Å². The number of aryl methyl sites for hydroxylation is 3. The molecule has 5 rings (SSSR count). The lowest BCUT2D eigenvalue weighted by atomic mass is 9.84. The molecule has 2 atom stereocenters. The number of carbonyl (C=O) groups is 1. The van der Waals surface area contributed by atoms with E-state index in [4.69, 9.17) is 9.47 Å². The van der Waals surface area contributed by atoms with E-state index in [-0.39, 0.29) is 36.4 Å². The van der Waals surface area contributed by atoms with Gasteiger partial charge in [0.1, 0.15) is 27.8 Å². The average Bonchev–Trinajstić information content (AvgIpc) is 3.37. The van der Waals surface area contributed by atoms with Crippen LogP contribution in [-0.4, -0.2) is 64.2 Å². The third-order valence-corrected chi connectivity index (χ3v) is 9.87. The maximum absolute atomic E-state index is 12.2. The first-order chi connectivity index (χ1) is 20.1. The van der Waals surface area contributed by atoms with Gasteiger partial charge in [0, 0.05) is 25.2 Å². The van der Waals surface area contributed by atoms with E-state index < -0.39 is 22.7 Å². The van der Waals surface area contributed by atoms with Gasteiger partial charge in [0.15, 0.2) is 0 Å². The molecular formula is C30H37N5O6S. The number of carboxylic acid groups (broad SMARTS) is 1. The zero-order chi connectivity index (χ0) is 30.2. The Bertz CT molecular complexity index is 1620. The summed E-state index contributed by atoms with van der Waals surface area (Å²) in [5.41, 5.74) is 5.67. The Morgan fingerprint density at radius 3 is 2.69 bits per heavy atom. The van der Waals surface area contributed by atoms with E-state index in [1.165, 1.54) is 0 Å². The number of ether oxygens (including phenoxy) is 2. The highest BCUT2D eigenvalue weighted by Gasteiger charge is 2.36. The molecule has 4 aromatic rings. The van der Waals surface area contributed by atoms with Gasteiger partial charge in [-0.25, -0.2) is 9.67 Å². The summed E-state index contributed by atoms with van der Waals surface area (Å²) in [6.07, 6.45) is 1.80. The fourth-order valence-electron chi connectivity index (χ4n) is 5.56. The molecule has 0 bridgehead atoms. The summed E-state index contributed by atoms with van der Waals surface area (Å²) in [7, 11) is -1.82. The summed E-state index contributed by atoms with van der Waals surface area (Å²) in [6.45, 7) is 8.98. The van der Waals surface area contributed by atoms with Crippen molar-refractivity contribution in [1.29, 1.82) is 0 Å². The van der Waals surface area contributed by atoms with E-state index in [1.54, 1.807) is 34.4 Å². The summed E-state index contributed by atoms with van der Waals surface area (Å²) in [6, 6.07) is 11.0. The number of hydrogen-bond acceptors (Lipinski definition) is 9. The molecule has 0 saturated carbocycles. The van der Waals surface area contributed by atoms with Crippen LogP contribution in [0.2, 0.25) is 0 Å². The van der Waals surface area contributed by atoms with Crippen LogP contribution in [0, 0.1) is 13.8 Å². The SMILES string of the molecule is CC[C@@H]1CN(Cc2cc([C@H](CC(=O)O)c3cc(OC)c4c(nnn4CC)c3C)ccc2C)S(O)(O)c2cccnc2O1. The van der Waals surface area contributed by atoms with E-state index >= 15 is 0 Å². The molecule has 0 fully saturated rings. The van der Waals surface area contributed by atoms with E-state index in [0.717, 1.165) is 33.3 Å². The highest BCUT2D eigenvalue weighted by atomic mass is 32.3. The molecule has 1 aliphatic rings. The van der Waals surface area contributed by atoms with Crippen LogP contribution in [0.4, 0.5) is 0 Å². The maximum atomic E-state index is 12.2. The highest BCUT2D eigenvalue weighted by Crippen LogP contribution is 2.57. The van der Waals surface area contributed by atoms with E-state index in [2.05, 4.69) is 15.3 Å². The molecule has 3 N–H and O–H groups in total. The van der Waals surface area contributed by atoms with Gasteiger partial charge in [0.2, 0.25) is 5.88 Å². The minimum absolute atomic E-state index is 0.149. The van der Waals surface area contributed by atoms with Crippen LogP contribution in [0.1, 0.15) is 60.4 Å². The summed E-state index contributed by atoms with van der Waals surface area (Å²) in [5.74, 6) is -0.630. The summed E-state index contributed by atoms with van der Waals surface area (Å²) in [5, 5.41) is 18.6. The number of carboxylic acids is 1. The van der Waals surface area contributed by atoms with E-state index in [0.29, 0.717) is 24.2 Å².